The molecule has 2 aromatic carbocycles. The molecule has 1 aliphatic heterocycles. The lowest BCUT2D eigenvalue weighted by Crippen LogP contribution is -2.13. The summed E-state index contributed by atoms with van der Waals surface area (Å²) in [4.78, 5) is 33.8. The van der Waals surface area contributed by atoms with E-state index in [0.29, 0.717) is 29.2 Å². The molecule has 2 heterocycles. The summed E-state index contributed by atoms with van der Waals surface area (Å²) >= 11 is 1.50. The average Bonchev–Trinajstić information content (AvgIpc) is 2.72. The first-order chi connectivity index (χ1) is 13.6. The van der Waals surface area contributed by atoms with Crippen LogP contribution in [-0.4, -0.2) is 28.5 Å². The molecule has 1 aliphatic rings. The van der Waals surface area contributed by atoms with Gasteiger partial charge in [0.1, 0.15) is 5.03 Å². The molecule has 1 amide bonds. The van der Waals surface area contributed by atoms with Gasteiger partial charge in [-0.25, -0.2) is 14.8 Å². The Labute approximate surface area is 165 Å². The predicted molar refractivity (Wildman–Crippen MR) is 106 cm³/mol. The summed E-state index contributed by atoms with van der Waals surface area (Å²) in [5.41, 5.74) is 2.35. The summed E-state index contributed by atoms with van der Waals surface area (Å²) in [5, 5.41) is 6.83. The van der Waals surface area contributed by atoms with Crippen LogP contribution in [0.15, 0.2) is 64.8 Å². The Balaban J connectivity index is 1.48. The molecule has 0 radical (unpaired) electrons. The zero-order chi connectivity index (χ0) is 19.5. The van der Waals surface area contributed by atoms with Crippen molar-refractivity contribution in [2.75, 3.05) is 17.2 Å². The molecule has 0 unspecified atom stereocenters. The molecule has 3 aromatic rings. The molecule has 28 heavy (non-hydrogen) atoms. The van der Waals surface area contributed by atoms with Crippen molar-refractivity contribution in [2.45, 2.75) is 16.8 Å². The van der Waals surface area contributed by atoms with Gasteiger partial charge in [-0.15, -0.1) is 0 Å². The first-order valence-electron chi connectivity index (χ1n) is 8.62. The van der Waals surface area contributed by atoms with Crippen molar-refractivity contribution in [3.63, 3.8) is 0 Å². The minimum absolute atomic E-state index is 0.247. The van der Waals surface area contributed by atoms with E-state index in [1.165, 1.54) is 11.8 Å². The van der Waals surface area contributed by atoms with Crippen LogP contribution in [0.25, 0.3) is 0 Å². The molecule has 7 nitrogen and oxygen atoms in total. The van der Waals surface area contributed by atoms with E-state index in [0.717, 1.165) is 15.6 Å². The number of aromatic nitrogens is 2. The van der Waals surface area contributed by atoms with Crippen LogP contribution in [0, 0.1) is 0 Å². The third-order valence-electron chi connectivity index (χ3n) is 4.02. The van der Waals surface area contributed by atoms with Gasteiger partial charge in [0.25, 0.3) is 5.91 Å². The Morgan fingerprint density at radius 2 is 1.82 bits per heavy atom. The molecular formula is C20H16N4O3S. The highest BCUT2D eigenvalue weighted by Gasteiger charge is 2.19. The minimum Gasteiger partial charge on any atom is -0.462 e. The van der Waals surface area contributed by atoms with Crippen molar-refractivity contribution < 1.29 is 14.3 Å². The first kappa shape index (κ1) is 18.0. The van der Waals surface area contributed by atoms with E-state index in [1.807, 2.05) is 6.07 Å². The van der Waals surface area contributed by atoms with E-state index in [1.54, 1.807) is 55.7 Å². The van der Waals surface area contributed by atoms with Gasteiger partial charge in [0.15, 0.2) is 5.82 Å². The molecule has 0 aliphatic carbocycles. The topological polar surface area (TPSA) is 93.2 Å². The molecule has 1 aromatic heterocycles. The van der Waals surface area contributed by atoms with Crippen LogP contribution >= 0.6 is 11.8 Å². The smallest absolute Gasteiger partial charge is 0.338 e. The van der Waals surface area contributed by atoms with Crippen LogP contribution in [-0.2, 0) is 4.74 Å². The number of hydrogen-bond acceptors (Lipinski definition) is 7. The summed E-state index contributed by atoms with van der Waals surface area (Å²) in [6.45, 7) is 2.07. The Kier molecular flexibility index (Phi) is 4.94. The van der Waals surface area contributed by atoms with Gasteiger partial charge in [0.2, 0.25) is 0 Å². The van der Waals surface area contributed by atoms with Crippen molar-refractivity contribution in [3.8, 4) is 0 Å². The number of fused-ring (bicyclic) bond motifs is 2. The van der Waals surface area contributed by atoms with E-state index in [9.17, 15) is 9.59 Å². The maximum absolute atomic E-state index is 12.6. The van der Waals surface area contributed by atoms with Crippen LogP contribution in [0.1, 0.15) is 27.6 Å². The summed E-state index contributed by atoms with van der Waals surface area (Å²) in [7, 11) is 0. The summed E-state index contributed by atoms with van der Waals surface area (Å²) in [5.74, 6) is 0.0394. The molecule has 4 rings (SSSR count). The van der Waals surface area contributed by atoms with E-state index in [4.69, 9.17) is 4.74 Å². The monoisotopic (exact) mass is 392 g/mol. The third kappa shape index (κ3) is 3.67. The molecule has 0 saturated heterocycles. The first-order valence-corrected chi connectivity index (χ1v) is 9.44. The van der Waals surface area contributed by atoms with Crippen molar-refractivity contribution in [2.24, 2.45) is 0 Å². The highest BCUT2D eigenvalue weighted by atomic mass is 32.2. The molecule has 2 N–H and O–H groups in total. The number of hydrogen-bond donors (Lipinski definition) is 2. The number of nitrogens with zero attached hydrogens (tertiary/aromatic N) is 2. The Morgan fingerprint density at radius 3 is 2.61 bits per heavy atom. The zero-order valence-corrected chi connectivity index (χ0v) is 15.7. The van der Waals surface area contributed by atoms with E-state index in [2.05, 4.69) is 20.6 Å². The molecule has 8 heteroatoms. The quantitative estimate of drug-likeness (QED) is 0.505. The zero-order valence-electron chi connectivity index (χ0n) is 14.9. The third-order valence-corrected chi connectivity index (χ3v) is 5.09. The molecule has 0 saturated carbocycles. The molecule has 0 bridgehead atoms. The van der Waals surface area contributed by atoms with E-state index in [-0.39, 0.29) is 11.9 Å². The largest absolute Gasteiger partial charge is 0.462 e. The fourth-order valence-corrected chi connectivity index (χ4v) is 3.56. The van der Waals surface area contributed by atoms with Crippen LogP contribution in [0.2, 0.25) is 0 Å². The van der Waals surface area contributed by atoms with Crippen LogP contribution in [0.5, 0.6) is 0 Å². The molecule has 0 fully saturated rings. The van der Waals surface area contributed by atoms with Crippen LogP contribution in [0.4, 0.5) is 17.2 Å². The number of benzene rings is 2. The normalized spacial score (nSPS) is 11.6. The summed E-state index contributed by atoms with van der Waals surface area (Å²) in [6.07, 6.45) is 3.27. The van der Waals surface area contributed by atoms with Crippen molar-refractivity contribution >= 4 is 40.8 Å². The Hall–Kier alpha value is -3.39. The standard InChI is InChI=1S/C20H16N4O3S/c1-2-27-20(26)12-3-6-14(7-4-12)23-18(25)13-5-8-16-15(11-13)24-17-19(28-16)22-10-9-21-17/h3-11H,2H2,1H3,(H,21,24)(H,23,25). The van der Waals surface area contributed by atoms with Gasteiger partial charge in [-0.05, 0) is 49.4 Å². The highest BCUT2D eigenvalue weighted by molar-refractivity contribution is 7.99. The minimum atomic E-state index is -0.387. The maximum Gasteiger partial charge on any atom is 0.338 e. The lowest BCUT2D eigenvalue weighted by molar-refractivity contribution is 0.0526. The number of amides is 1. The molecule has 0 atom stereocenters. The Morgan fingerprint density at radius 1 is 1.07 bits per heavy atom. The average molecular weight is 392 g/mol. The maximum atomic E-state index is 12.6. The van der Waals surface area contributed by atoms with E-state index < -0.39 is 0 Å². The second-order valence-corrected chi connectivity index (χ2v) is 6.93. The molecule has 140 valence electrons. The number of nitrogens with one attached hydrogen (secondary N) is 2. The predicted octanol–water partition coefficient (Wildman–Crippen LogP) is 4.11. The van der Waals surface area contributed by atoms with Gasteiger partial charge in [-0.2, -0.15) is 0 Å². The lowest BCUT2D eigenvalue weighted by atomic mass is 10.1. The number of rotatable bonds is 4. The van der Waals surface area contributed by atoms with Crippen molar-refractivity contribution in [1.29, 1.82) is 0 Å². The Bertz CT molecular complexity index is 1050. The van der Waals surface area contributed by atoms with Gasteiger partial charge >= 0.3 is 5.97 Å². The summed E-state index contributed by atoms with van der Waals surface area (Å²) < 4.78 is 4.95. The van der Waals surface area contributed by atoms with Gasteiger partial charge < -0.3 is 15.4 Å². The van der Waals surface area contributed by atoms with Crippen molar-refractivity contribution in [3.05, 3.63) is 66.0 Å². The highest BCUT2D eigenvalue weighted by Crippen LogP contribution is 2.42. The van der Waals surface area contributed by atoms with Crippen LogP contribution < -0.4 is 10.6 Å². The fourth-order valence-electron chi connectivity index (χ4n) is 2.68. The number of carbonyl (C=O) groups is 2. The second kappa shape index (κ2) is 7.69. The molecular weight excluding hydrogens is 376 g/mol. The van der Waals surface area contributed by atoms with Crippen molar-refractivity contribution in [1.82, 2.24) is 9.97 Å². The number of carbonyl (C=O) groups excluding carboxylic acids is 2. The van der Waals surface area contributed by atoms with Gasteiger partial charge in [-0.1, -0.05) is 11.8 Å². The van der Waals surface area contributed by atoms with Crippen LogP contribution in [0.3, 0.4) is 0 Å². The number of ether oxygens (including phenoxy) is 1. The van der Waals surface area contributed by atoms with Gasteiger partial charge in [-0.3, -0.25) is 4.79 Å². The van der Waals surface area contributed by atoms with E-state index >= 15 is 0 Å². The fraction of sp³-hybridized carbons (Fsp3) is 0.100. The molecule has 0 spiro atoms. The SMILES string of the molecule is CCOC(=O)c1ccc(NC(=O)c2ccc3c(c2)Nc2nccnc2S3)cc1. The second-order valence-electron chi connectivity index (χ2n) is 5.90. The lowest BCUT2D eigenvalue weighted by Gasteiger charge is -2.19. The number of esters is 1. The van der Waals surface area contributed by atoms with Gasteiger partial charge in [0.05, 0.1) is 17.9 Å². The number of anilines is 3. The van der Waals surface area contributed by atoms with Gasteiger partial charge in [0, 0.05) is 28.5 Å². The summed E-state index contributed by atoms with van der Waals surface area (Å²) in [6, 6.07) is 12.0.